The fourth-order valence-electron chi connectivity index (χ4n) is 3.04. The largest absolute Gasteiger partial charge is 0.491 e. The Kier molecular flexibility index (Phi) is 6.33. The molecule has 4 nitrogen and oxygen atoms in total. The minimum absolute atomic E-state index is 0.123. The summed E-state index contributed by atoms with van der Waals surface area (Å²) in [6, 6.07) is 23.6. The molecule has 3 aromatic rings. The normalized spacial score (nSPS) is 11.5. The van der Waals surface area contributed by atoms with Gasteiger partial charge in [-0.1, -0.05) is 60.7 Å². The summed E-state index contributed by atoms with van der Waals surface area (Å²) >= 11 is 0. The number of urea groups is 1. The Labute approximate surface area is 166 Å². The first-order chi connectivity index (χ1) is 13.5. The number of nitrogens with one attached hydrogen (secondary N) is 2. The van der Waals surface area contributed by atoms with Gasteiger partial charge in [-0.15, -0.1) is 0 Å². The first-order valence-electron chi connectivity index (χ1n) is 9.45. The van der Waals surface area contributed by atoms with Gasteiger partial charge in [0.25, 0.3) is 0 Å². The molecule has 144 valence electrons. The summed E-state index contributed by atoms with van der Waals surface area (Å²) in [5.74, 6) is 0.882. The number of carbonyl (C=O) groups excluding carboxylic acids is 1. The Morgan fingerprint density at radius 2 is 1.46 bits per heavy atom. The van der Waals surface area contributed by atoms with Gasteiger partial charge >= 0.3 is 6.03 Å². The maximum absolute atomic E-state index is 12.2. The molecule has 0 radical (unpaired) electrons. The van der Waals surface area contributed by atoms with Gasteiger partial charge in [0, 0.05) is 5.69 Å². The van der Waals surface area contributed by atoms with Crippen molar-refractivity contribution in [3.05, 3.63) is 83.9 Å². The van der Waals surface area contributed by atoms with Crippen LogP contribution in [0.5, 0.6) is 5.75 Å². The predicted molar refractivity (Wildman–Crippen MR) is 115 cm³/mol. The number of para-hydroxylation sites is 1. The van der Waals surface area contributed by atoms with Gasteiger partial charge in [0.15, 0.2) is 0 Å². The summed E-state index contributed by atoms with van der Waals surface area (Å²) in [5.41, 5.74) is 5.20. The van der Waals surface area contributed by atoms with Crippen LogP contribution < -0.4 is 15.4 Å². The second kappa shape index (κ2) is 9.09. The molecule has 0 bridgehead atoms. The molecule has 0 aromatic heterocycles. The van der Waals surface area contributed by atoms with E-state index in [1.165, 1.54) is 0 Å². The second-order valence-corrected chi connectivity index (χ2v) is 6.97. The van der Waals surface area contributed by atoms with Crippen molar-refractivity contribution in [3.63, 3.8) is 0 Å². The molecule has 3 aromatic carbocycles. The monoisotopic (exact) mass is 374 g/mol. The van der Waals surface area contributed by atoms with Crippen LogP contribution in [0.15, 0.2) is 72.8 Å². The Morgan fingerprint density at radius 1 is 0.857 bits per heavy atom. The molecule has 0 fully saturated rings. The van der Waals surface area contributed by atoms with E-state index in [-0.39, 0.29) is 12.1 Å². The number of anilines is 1. The first kappa shape index (κ1) is 19.5. The molecule has 0 saturated carbocycles. The van der Waals surface area contributed by atoms with Gasteiger partial charge < -0.3 is 15.4 Å². The zero-order valence-electron chi connectivity index (χ0n) is 16.5. The average molecular weight is 374 g/mol. The maximum Gasteiger partial charge on any atom is 0.319 e. The third-order valence-electron chi connectivity index (χ3n) is 4.51. The van der Waals surface area contributed by atoms with E-state index in [0.29, 0.717) is 6.61 Å². The van der Waals surface area contributed by atoms with Gasteiger partial charge in [-0.3, -0.25) is 0 Å². The van der Waals surface area contributed by atoms with Gasteiger partial charge in [-0.05, 0) is 55.2 Å². The summed E-state index contributed by atoms with van der Waals surface area (Å²) in [4.78, 5) is 12.2. The number of hydrogen-bond donors (Lipinski definition) is 2. The van der Waals surface area contributed by atoms with Gasteiger partial charge in [0.1, 0.15) is 12.4 Å². The van der Waals surface area contributed by atoms with E-state index in [9.17, 15) is 4.79 Å². The van der Waals surface area contributed by atoms with Crippen LogP contribution in [0, 0.1) is 13.8 Å². The van der Waals surface area contributed by atoms with E-state index >= 15 is 0 Å². The number of aryl methyl sites for hydroxylation is 2. The van der Waals surface area contributed by atoms with Crippen LogP contribution in [0.1, 0.15) is 18.1 Å². The summed E-state index contributed by atoms with van der Waals surface area (Å²) < 4.78 is 5.90. The van der Waals surface area contributed by atoms with Crippen LogP contribution in [-0.4, -0.2) is 18.7 Å². The molecule has 0 aliphatic heterocycles. The average Bonchev–Trinajstić information content (AvgIpc) is 2.69. The van der Waals surface area contributed by atoms with E-state index in [1.807, 2.05) is 81.4 Å². The molecular weight excluding hydrogens is 348 g/mol. The number of hydrogen-bond acceptors (Lipinski definition) is 2. The van der Waals surface area contributed by atoms with E-state index < -0.39 is 0 Å². The quantitative estimate of drug-likeness (QED) is 0.593. The molecular formula is C24H26N2O2. The summed E-state index contributed by atoms with van der Waals surface area (Å²) in [7, 11) is 0. The number of rotatable bonds is 6. The van der Waals surface area contributed by atoms with Crippen LogP contribution >= 0.6 is 0 Å². The van der Waals surface area contributed by atoms with Gasteiger partial charge in [0.2, 0.25) is 0 Å². The Morgan fingerprint density at radius 3 is 2.11 bits per heavy atom. The van der Waals surface area contributed by atoms with Crippen molar-refractivity contribution in [3.8, 4) is 16.9 Å². The number of benzene rings is 3. The Hall–Kier alpha value is -3.27. The van der Waals surface area contributed by atoms with Crippen LogP contribution in [-0.2, 0) is 0 Å². The number of carbonyl (C=O) groups is 1. The summed E-state index contributed by atoms with van der Waals surface area (Å²) in [6.45, 7) is 6.37. The lowest BCUT2D eigenvalue weighted by atomic mass is 10.1. The van der Waals surface area contributed by atoms with Gasteiger partial charge in [-0.2, -0.15) is 0 Å². The number of ether oxygens (including phenoxy) is 1. The topological polar surface area (TPSA) is 50.4 Å². The Bertz CT molecular complexity index is 901. The van der Waals surface area contributed by atoms with Gasteiger partial charge in [-0.25, -0.2) is 4.79 Å². The molecule has 28 heavy (non-hydrogen) atoms. The molecule has 2 amide bonds. The fraction of sp³-hybridized carbons (Fsp3) is 0.208. The molecule has 0 heterocycles. The lowest BCUT2D eigenvalue weighted by Gasteiger charge is -2.18. The highest BCUT2D eigenvalue weighted by Crippen LogP contribution is 2.23. The predicted octanol–water partition coefficient (Wildman–Crippen LogP) is 5.56. The van der Waals surface area contributed by atoms with Crippen LogP contribution in [0.3, 0.4) is 0 Å². The molecule has 0 spiro atoms. The van der Waals surface area contributed by atoms with E-state index in [2.05, 4.69) is 22.8 Å². The fourth-order valence-corrected chi connectivity index (χ4v) is 3.04. The standard InChI is InChI=1S/C24H26N2O2/c1-17-8-7-9-18(2)23(17)28-16-19(3)25-24(27)26-22-14-12-21(13-15-22)20-10-5-4-6-11-20/h4-15,19H,16H2,1-3H3,(H2,25,26,27). The summed E-state index contributed by atoms with van der Waals surface area (Å²) in [5, 5.41) is 5.78. The molecule has 1 unspecified atom stereocenters. The van der Waals surface area contributed by atoms with Crippen LogP contribution in [0.4, 0.5) is 10.5 Å². The van der Waals surface area contributed by atoms with Crippen LogP contribution in [0.25, 0.3) is 11.1 Å². The SMILES string of the molecule is Cc1cccc(C)c1OCC(C)NC(=O)Nc1ccc(-c2ccccc2)cc1. The first-order valence-corrected chi connectivity index (χ1v) is 9.45. The molecule has 4 heteroatoms. The minimum atomic E-state index is -0.245. The van der Waals surface area contributed by atoms with E-state index in [1.54, 1.807) is 0 Å². The van der Waals surface area contributed by atoms with Crippen molar-refractivity contribution in [1.82, 2.24) is 5.32 Å². The molecule has 2 N–H and O–H groups in total. The van der Waals surface area contributed by atoms with Crippen LogP contribution in [0.2, 0.25) is 0 Å². The molecule has 0 saturated heterocycles. The van der Waals surface area contributed by atoms with E-state index in [0.717, 1.165) is 33.7 Å². The lowest BCUT2D eigenvalue weighted by Crippen LogP contribution is -2.39. The third-order valence-corrected chi connectivity index (χ3v) is 4.51. The highest BCUT2D eigenvalue weighted by molar-refractivity contribution is 5.89. The zero-order chi connectivity index (χ0) is 19.9. The Balaban J connectivity index is 1.51. The minimum Gasteiger partial charge on any atom is -0.491 e. The van der Waals surface area contributed by atoms with Crippen molar-refractivity contribution in [2.24, 2.45) is 0 Å². The maximum atomic E-state index is 12.2. The van der Waals surface area contributed by atoms with E-state index in [4.69, 9.17) is 4.74 Å². The van der Waals surface area contributed by atoms with Crippen molar-refractivity contribution in [1.29, 1.82) is 0 Å². The third kappa shape index (κ3) is 5.13. The molecule has 0 aliphatic carbocycles. The summed E-state index contributed by atoms with van der Waals surface area (Å²) in [6.07, 6.45) is 0. The van der Waals surface area contributed by atoms with Gasteiger partial charge in [0.05, 0.1) is 6.04 Å². The van der Waals surface area contributed by atoms with Crippen molar-refractivity contribution >= 4 is 11.7 Å². The second-order valence-electron chi connectivity index (χ2n) is 6.97. The lowest BCUT2D eigenvalue weighted by molar-refractivity contribution is 0.236. The van der Waals surface area contributed by atoms with Crippen molar-refractivity contribution in [2.45, 2.75) is 26.8 Å². The molecule has 3 rings (SSSR count). The molecule has 0 aliphatic rings. The highest BCUT2D eigenvalue weighted by Gasteiger charge is 2.10. The smallest absolute Gasteiger partial charge is 0.319 e. The molecule has 1 atom stereocenters. The highest BCUT2D eigenvalue weighted by atomic mass is 16.5. The van der Waals surface area contributed by atoms with Crippen molar-refractivity contribution in [2.75, 3.05) is 11.9 Å². The zero-order valence-corrected chi connectivity index (χ0v) is 16.5. The van der Waals surface area contributed by atoms with Crippen molar-refractivity contribution < 1.29 is 9.53 Å². The number of amides is 2.